The number of hydrogen-bond acceptors (Lipinski definition) is 5. The van der Waals surface area contributed by atoms with Crippen LogP contribution in [0.4, 0.5) is 11.4 Å². The maximum Gasteiger partial charge on any atom is 0.311 e. The maximum atomic E-state index is 12.7. The molecule has 0 unspecified atom stereocenters. The summed E-state index contributed by atoms with van der Waals surface area (Å²) in [6, 6.07) is 12.5. The minimum Gasteiger partial charge on any atom is -0.490 e. The Morgan fingerprint density at radius 3 is 2.62 bits per heavy atom. The fraction of sp³-hybridized carbons (Fsp3) is 0.409. The van der Waals surface area contributed by atoms with E-state index in [-0.39, 0.29) is 22.9 Å². The van der Waals surface area contributed by atoms with Gasteiger partial charge in [-0.1, -0.05) is 37.5 Å². The lowest BCUT2D eigenvalue weighted by Gasteiger charge is -2.31. The smallest absolute Gasteiger partial charge is 0.311 e. The van der Waals surface area contributed by atoms with Gasteiger partial charge in [0, 0.05) is 29.9 Å². The van der Waals surface area contributed by atoms with Crippen LogP contribution in [0.1, 0.15) is 48.0 Å². The number of para-hydroxylation sites is 1. The predicted octanol–water partition coefficient (Wildman–Crippen LogP) is 4.62. The van der Waals surface area contributed by atoms with Crippen molar-refractivity contribution in [2.24, 2.45) is 0 Å². The third kappa shape index (κ3) is 5.12. The zero-order valence-corrected chi connectivity index (χ0v) is 16.9. The number of nitrogens with zero attached hydrogens (tertiary/aromatic N) is 2. The second-order valence-electron chi connectivity index (χ2n) is 7.46. The Balaban J connectivity index is 1.76. The van der Waals surface area contributed by atoms with Crippen molar-refractivity contribution in [3.63, 3.8) is 0 Å². The highest BCUT2D eigenvalue weighted by molar-refractivity contribution is 6.05. The summed E-state index contributed by atoms with van der Waals surface area (Å²) in [5, 5.41) is 14.1. The van der Waals surface area contributed by atoms with Crippen LogP contribution in [-0.4, -0.2) is 35.9 Å². The first kappa shape index (κ1) is 20.8. The van der Waals surface area contributed by atoms with E-state index in [1.807, 2.05) is 24.3 Å². The molecule has 2 aromatic carbocycles. The van der Waals surface area contributed by atoms with Crippen LogP contribution in [0.15, 0.2) is 42.5 Å². The van der Waals surface area contributed by atoms with E-state index in [2.05, 4.69) is 17.3 Å². The van der Waals surface area contributed by atoms with Gasteiger partial charge >= 0.3 is 5.69 Å². The summed E-state index contributed by atoms with van der Waals surface area (Å²) in [5.74, 6) is -0.260. The Morgan fingerprint density at radius 2 is 1.93 bits per heavy atom. The fourth-order valence-electron chi connectivity index (χ4n) is 3.87. The van der Waals surface area contributed by atoms with E-state index >= 15 is 0 Å². The highest BCUT2D eigenvalue weighted by Crippen LogP contribution is 2.29. The van der Waals surface area contributed by atoms with Crippen molar-refractivity contribution in [2.45, 2.75) is 44.7 Å². The molecule has 0 spiro atoms. The average molecular weight is 397 g/mol. The Kier molecular flexibility index (Phi) is 6.82. The molecule has 0 radical (unpaired) electrons. The highest BCUT2D eigenvalue weighted by atomic mass is 16.6. The Morgan fingerprint density at radius 1 is 1.21 bits per heavy atom. The molecule has 1 amide bonds. The van der Waals surface area contributed by atoms with Crippen LogP contribution in [0, 0.1) is 10.1 Å². The van der Waals surface area contributed by atoms with Gasteiger partial charge in [-0.15, -0.1) is 0 Å². The van der Waals surface area contributed by atoms with Crippen molar-refractivity contribution in [3.05, 3.63) is 63.7 Å². The molecule has 0 atom stereocenters. The van der Waals surface area contributed by atoms with E-state index < -0.39 is 4.92 Å². The summed E-state index contributed by atoms with van der Waals surface area (Å²) < 4.78 is 5.00. The quantitative estimate of drug-likeness (QED) is 0.544. The molecule has 7 heteroatoms. The molecular formula is C22H27N3O4. The van der Waals surface area contributed by atoms with E-state index in [9.17, 15) is 14.9 Å². The molecular weight excluding hydrogens is 370 g/mol. The molecule has 2 aromatic rings. The SMILES string of the molecule is COc1ccc(C(=O)Nc2ccccc2CN(C)C2CCCCC2)cc1[N+](=O)[O-]. The molecule has 0 saturated heterocycles. The zero-order chi connectivity index (χ0) is 20.8. The van der Waals surface area contributed by atoms with Gasteiger partial charge in [0.15, 0.2) is 5.75 Å². The fourth-order valence-corrected chi connectivity index (χ4v) is 3.87. The van der Waals surface area contributed by atoms with E-state index in [1.165, 1.54) is 57.4 Å². The number of anilines is 1. The second kappa shape index (κ2) is 9.52. The van der Waals surface area contributed by atoms with E-state index in [1.54, 1.807) is 0 Å². The number of rotatable bonds is 7. The van der Waals surface area contributed by atoms with Gasteiger partial charge in [0.25, 0.3) is 5.91 Å². The zero-order valence-electron chi connectivity index (χ0n) is 16.9. The molecule has 0 aliphatic heterocycles. The topological polar surface area (TPSA) is 84.7 Å². The number of nitrogens with one attached hydrogen (secondary N) is 1. The monoisotopic (exact) mass is 397 g/mol. The number of methoxy groups -OCH3 is 1. The van der Waals surface area contributed by atoms with Gasteiger partial charge < -0.3 is 10.1 Å². The minimum atomic E-state index is -0.553. The molecule has 154 valence electrons. The summed E-state index contributed by atoms with van der Waals surface area (Å²) in [5.41, 5.74) is 1.73. The van der Waals surface area contributed by atoms with Crippen molar-refractivity contribution in [2.75, 3.05) is 19.5 Å². The number of nitro groups is 1. The summed E-state index contributed by atoms with van der Waals surface area (Å²) >= 11 is 0. The van der Waals surface area contributed by atoms with Crippen molar-refractivity contribution in [1.29, 1.82) is 0 Å². The van der Waals surface area contributed by atoms with Crippen molar-refractivity contribution in [1.82, 2.24) is 4.90 Å². The van der Waals surface area contributed by atoms with Gasteiger partial charge in [0.05, 0.1) is 12.0 Å². The molecule has 7 nitrogen and oxygen atoms in total. The van der Waals surface area contributed by atoms with Crippen LogP contribution >= 0.6 is 0 Å². The minimum absolute atomic E-state index is 0.126. The number of carbonyl (C=O) groups is 1. The van der Waals surface area contributed by atoms with Gasteiger partial charge in [-0.3, -0.25) is 19.8 Å². The van der Waals surface area contributed by atoms with Crippen molar-refractivity contribution in [3.8, 4) is 5.75 Å². The van der Waals surface area contributed by atoms with Gasteiger partial charge in [0.1, 0.15) is 0 Å². The van der Waals surface area contributed by atoms with Crippen molar-refractivity contribution >= 4 is 17.3 Å². The summed E-state index contributed by atoms with van der Waals surface area (Å²) in [6.45, 7) is 0.740. The number of ether oxygens (including phenoxy) is 1. The van der Waals surface area contributed by atoms with Crippen LogP contribution in [0.2, 0.25) is 0 Å². The molecule has 1 N–H and O–H groups in total. The molecule has 1 fully saturated rings. The first-order valence-corrected chi connectivity index (χ1v) is 9.91. The van der Waals surface area contributed by atoms with Gasteiger partial charge in [-0.05, 0) is 43.7 Å². The van der Waals surface area contributed by atoms with E-state index in [4.69, 9.17) is 4.74 Å². The molecule has 1 aliphatic carbocycles. The van der Waals surface area contributed by atoms with Crippen LogP contribution in [0.3, 0.4) is 0 Å². The first-order chi connectivity index (χ1) is 14.0. The van der Waals surface area contributed by atoms with Crippen LogP contribution in [0.25, 0.3) is 0 Å². The molecule has 3 rings (SSSR count). The number of amides is 1. The van der Waals surface area contributed by atoms with Gasteiger partial charge in [-0.25, -0.2) is 0 Å². The molecule has 1 saturated carbocycles. The summed E-state index contributed by atoms with van der Waals surface area (Å²) in [4.78, 5) is 25.8. The molecule has 0 aromatic heterocycles. The Labute approximate surface area is 170 Å². The van der Waals surface area contributed by atoms with Crippen LogP contribution in [0.5, 0.6) is 5.75 Å². The van der Waals surface area contributed by atoms with Crippen LogP contribution < -0.4 is 10.1 Å². The van der Waals surface area contributed by atoms with E-state index in [0.717, 1.165) is 17.8 Å². The average Bonchev–Trinajstić information content (AvgIpc) is 2.75. The Hall–Kier alpha value is -2.93. The highest BCUT2D eigenvalue weighted by Gasteiger charge is 2.21. The number of carbonyl (C=O) groups excluding carboxylic acids is 1. The first-order valence-electron chi connectivity index (χ1n) is 9.91. The summed E-state index contributed by atoms with van der Waals surface area (Å²) in [6.07, 6.45) is 6.26. The molecule has 0 heterocycles. The molecule has 0 bridgehead atoms. The largest absolute Gasteiger partial charge is 0.490 e. The molecule has 29 heavy (non-hydrogen) atoms. The Bertz CT molecular complexity index is 878. The van der Waals surface area contributed by atoms with Crippen molar-refractivity contribution < 1.29 is 14.5 Å². The van der Waals surface area contributed by atoms with E-state index in [0.29, 0.717) is 6.04 Å². The lowest BCUT2D eigenvalue weighted by Crippen LogP contribution is -2.33. The van der Waals surface area contributed by atoms with Crippen LogP contribution in [-0.2, 0) is 6.54 Å². The van der Waals surface area contributed by atoms with Gasteiger partial charge in [-0.2, -0.15) is 0 Å². The third-order valence-corrected chi connectivity index (χ3v) is 5.52. The number of nitro benzene ring substituents is 1. The number of hydrogen-bond donors (Lipinski definition) is 1. The maximum absolute atomic E-state index is 12.7. The lowest BCUT2D eigenvalue weighted by molar-refractivity contribution is -0.385. The number of benzene rings is 2. The summed E-state index contributed by atoms with van der Waals surface area (Å²) in [7, 11) is 3.49. The lowest BCUT2D eigenvalue weighted by atomic mass is 9.94. The van der Waals surface area contributed by atoms with Gasteiger partial charge in [0.2, 0.25) is 0 Å². The standard InChI is InChI=1S/C22H27N3O4/c1-24(18-9-4-3-5-10-18)15-17-8-6-7-11-19(17)23-22(26)16-12-13-21(29-2)20(14-16)25(27)28/h6-8,11-14,18H,3-5,9-10,15H2,1-2H3,(H,23,26). The second-order valence-corrected chi connectivity index (χ2v) is 7.46. The third-order valence-electron chi connectivity index (χ3n) is 5.52. The molecule has 1 aliphatic rings. The normalized spacial score (nSPS) is 14.6. The predicted molar refractivity (Wildman–Crippen MR) is 112 cm³/mol.